The molecule has 0 amide bonds. The Bertz CT molecular complexity index is 501. The Balaban J connectivity index is 1.89. The Labute approximate surface area is 123 Å². The minimum Gasteiger partial charge on any atom is -0.481 e. The number of carboxylic acid groups (broad SMARTS) is 1. The van der Waals surface area contributed by atoms with Gasteiger partial charge in [0.05, 0.1) is 0 Å². The second-order valence-corrected chi connectivity index (χ2v) is 5.51. The van der Waals surface area contributed by atoms with Gasteiger partial charge in [-0.05, 0) is 56.6 Å². The van der Waals surface area contributed by atoms with Crippen molar-refractivity contribution in [3.05, 3.63) is 35.6 Å². The molecule has 21 heavy (non-hydrogen) atoms. The van der Waals surface area contributed by atoms with Crippen molar-refractivity contribution in [3.8, 4) is 0 Å². The van der Waals surface area contributed by atoms with Gasteiger partial charge >= 0.3 is 5.97 Å². The van der Waals surface area contributed by atoms with Crippen molar-refractivity contribution in [1.82, 2.24) is 4.90 Å². The Morgan fingerprint density at radius 2 is 2.00 bits per heavy atom. The summed E-state index contributed by atoms with van der Waals surface area (Å²) in [6.07, 6.45) is 2.54. The molecular weight excluding hydrogens is 273 g/mol. The topological polar surface area (TPSA) is 57.6 Å². The molecular formula is C16H20FNO3. The third kappa shape index (κ3) is 4.63. The van der Waals surface area contributed by atoms with E-state index in [-0.39, 0.29) is 23.9 Å². The lowest BCUT2D eigenvalue weighted by Crippen LogP contribution is -2.39. The molecule has 4 nitrogen and oxygen atoms in total. The van der Waals surface area contributed by atoms with E-state index in [0.29, 0.717) is 25.1 Å². The van der Waals surface area contributed by atoms with Crippen molar-refractivity contribution in [2.45, 2.75) is 25.7 Å². The lowest BCUT2D eigenvalue weighted by molar-refractivity contribution is -0.137. The van der Waals surface area contributed by atoms with Gasteiger partial charge < -0.3 is 10.0 Å². The van der Waals surface area contributed by atoms with Gasteiger partial charge in [0.1, 0.15) is 5.82 Å². The Morgan fingerprint density at radius 3 is 2.67 bits per heavy atom. The van der Waals surface area contributed by atoms with Gasteiger partial charge in [0, 0.05) is 24.4 Å². The lowest BCUT2D eigenvalue weighted by atomic mass is 9.90. The molecule has 1 N–H and O–H groups in total. The van der Waals surface area contributed by atoms with Crippen LogP contribution in [0.3, 0.4) is 0 Å². The van der Waals surface area contributed by atoms with Gasteiger partial charge in [-0.15, -0.1) is 0 Å². The van der Waals surface area contributed by atoms with Crippen molar-refractivity contribution in [3.63, 3.8) is 0 Å². The summed E-state index contributed by atoms with van der Waals surface area (Å²) in [4.78, 5) is 25.1. The molecule has 114 valence electrons. The molecule has 1 atom stereocenters. The predicted molar refractivity (Wildman–Crippen MR) is 76.8 cm³/mol. The van der Waals surface area contributed by atoms with E-state index in [1.165, 1.54) is 24.3 Å². The van der Waals surface area contributed by atoms with Gasteiger partial charge in [-0.3, -0.25) is 9.59 Å². The molecule has 0 saturated carbocycles. The monoisotopic (exact) mass is 293 g/mol. The number of piperidine rings is 1. The van der Waals surface area contributed by atoms with Gasteiger partial charge in [0.2, 0.25) is 0 Å². The summed E-state index contributed by atoms with van der Waals surface area (Å²) in [5, 5.41) is 8.65. The molecule has 1 aromatic rings. The zero-order chi connectivity index (χ0) is 15.2. The molecule has 0 radical (unpaired) electrons. The first kappa shape index (κ1) is 15.6. The highest BCUT2D eigenvalue weighted by molar-refractivity contribution is 5.98. The summed E-state index contributed by atoms with van der Waals surface area (Å²) >= 11 is 0. The van der Waals surface area contributed by atoms with E-state index in [0.717, 1.165) is 19.4 Å². The van der Waals surface area contributed by atoms with Crippen LogP contribution < -0.4 is 0 Å². The van der Waals surface area contributed by atoms with Crippen molar-refractivity contribution in [2.75, 3.05) is 19.6 Å². The van der Waals surface area contributed by atoms with Crippen LogP contribution in [0.4, 0.5) is 4.39 Å². The first-order valence-corrected chi connectivity index (χ1v) is 7.30. The van der Waals surface area contributed by atoms with Crippen LogP contribution in [0, 0.1) is 11.7 Å². The molecule has 0 aliphatic carbocycles. The smallest absolute Gasteiger partial charge is 0.303 e. The number of rotatable bonds is 6. The number of Topliss-reactive ketones (excluding diaryl/α,β-unsaturated/α-hetero) is 1. The number of carbonyl (C=O) groups excluding carboxylic acids is 1. The zero-order valence-electron chi connectivity index (χ0n) is 11.9. The van der Waals surface area contributed by atoms with Crippen molar-refractivity contribution in [2.24, 2.45) is 5.92 Å². The fourth-order valence-corrected chi connectivity index (χ4v) is 2.78. The molecule has 1 saturated heterocycles. The van der Waals surface area contributed by atoms with Gasteiger partial charge in [-0.2, -0.15) is 0 Å². The Hall–Kier alpha value is -1.75. The van der Waals surface area contributed by atoms with Crippen LogP contribution in [0.25, 0.3) is 0 Å². The fourth-order valence-electron chi connectivity index (χ4n) is 2.78. The minimum atomic E-state index is -0.786. The van der Waals surface area contributed by atoms with Crippen molar-refractivity contribution in [1.29, 1.82) is 0 Å². The van der Waals surface area contributed by atoms with Crippen LogP contribution in [-0.4, -0.2) is 41.4 Å². The number of hydrogen-bond acceptors (Lipinski definition) is 3. The number of benzene rings is 1. The number of carboxylic acids is 1. The molecule has 0 aromatic heterocycles. The van der Waals surface area contributed by atoms with Crippen LogP contribution in [-0.2, 0) is 4.79 Å². The van der Waals surface area contributed by atoms with Crippen LogP contribution in [0.15, 0.2) is 24.3 Å². The SMILES string of the molecule is O=C(O)CCCN1CCCC(C(=O)c2ccc(F)cc2)C1. The molecule has 5 heteroatoms. The third-order valence-electron chi connectivity index (χ3n) is 3.87. The van der Waals surface area contributed by atoms with Crippen molar-refractivity contribution < 1.29 is 19.1 Å². The first-order chi connectivity index (χ1) is 10.1. The van der Waals surface area contributed by atoms with E-state index in [1.54, 1.807) is 0 Å². The number of carbonyl (C=O) groups is 2. The summed E-state index contributed by atoms with van der Waals surface area (Å²) in [5.74, 6) is -1.15. The highest BCUT2D eigenvalue weighted by Gasteiger charge is 2.26. The highest BCUT2D eigenvalue weighted by Crippen LogP contribution is 2.21. The molecule has 1 heterocycles. The van der Waals surface area contributed by atoms with Crippen LogP contribution >= 0.6 is 0 Å². The summed E-state index contributed by atoms with van der Waals surface area (Å²) in [7, 11) is 0. The maximum absolute atomic E-state index is 12.9. The zero-order valence-corrected chi connectivity index (χ0v) is 11.9. The Morgan fingerprint density at radius 1 is 1.29 bits per heavy atom. The van der Waals surface area contributed by atoms with E-state index in [2.05, 4.69) is 4.90 Å². The molecule has 1 aliphatic heterocycles. The molecule has 2 rings (SSSR count). The molecule has 0 bridgehead atoms. The number of aliphatic carboxylic acids is 1. The number of ketones is 1. The summed E-state index contributed by atoms with van der Waals surface area (Å²) < 4.78 is 12.9. The van der Waals surface area contributed by atoms with E-state index in [4.69, 9.17) is 5.11 Å². The van der Waals surface area contributed by atoms with Crippen molar-refractivity contribution >= 4 is 11.8 Å². The third-order valence-corrected chi connectivity index (χ3v) is 3.87. The van der Waals surface area contributed by atoms with Gasteiger partial charge in [-0.25, -0.2) is 4.39 Å². The van der Waals surface area contributed by atoms with Gasteiger partial charge in [0.25, 0.3) is 0 Å². The van der Waals surface area contributed by atoms with Crippen LogP contribution in [0.1, 0.15) is 36.0 Å². The average molecular weight is 293 g/mol. The van der Waals surface area contributed by atoms with E-state index < -0.39 is 5.97 Å². The highest BCUT2D eigenvalue weighted by atomic mass is 19.1. The predicted octanol–water partition coefficient (Wildman–Crippen LogP) is 2.59. The van der Waals surface area contributed by atoms with E-state index >= 15 is 0 Å². The standard InChI is InChI=1S/C16H20FNO3/c17-14-7-5-12(6-8-14)16(21)13-3-1-9-18(11-13)10-2-4-15(19)20/h5-8,13H,1-4,9-11H2,(H,19,20). The maximum Gasteiger partial charge on any atom is 0.303 e. The maximum atomic E-state index is 12.9. The molecule has 1 aliphatic rings. The second-order valence-electron chi connectivity index (χ2n) is 5.51. The summed E-state index contributed by atoms with van der Waals surface area (Å²) in [6, 6.07) is 5.67. The summed E-state index contributed by atoms with van der Waals surface area (Å²) in [5.41, 5.74) is 0.550. The molecule has 1 fully saturated rings. The van der Waals surface area contributed by atoms with Gasteiger partial charge in [0.15, 0.2) is 5.78 Å². The second kappa shape index (κ2) is 7.31. The quantitative estimate of drug-likeness (QED) is 0.819. The molecule has 1 unspecified atom stereocenters. The normalized spacial score (nSPS) is 19.4. The van der Waals surface area contributed by atoms with Crippen LogP contribution in [0.5, 0.6) is 0 Å². The lowest BCUT2D eigenvalue weighted by Gasteiger charge is -2.31. The largest absolute Gasteiger partial charge is 0.481 e. The minimum absolute atomic E-state index is 0.0536. The average Bonchev–Trinajstić information content (AvgIpc) is 2.47. The number of hydrogen-bond donors (Lipinski definition) is 1. The summed E-state index contributed by atoms with van der Waals surface area (Å²) in [6.45, 7) is 2.28. The Kier molecular flexibility index (Phi) is 5.44. The molecule has 0 spiro atoms. The number of likely N-dealkylation sites (tertiary alicyclic amines) is 1. The molecule has 1 aromatic carbocycles. The number of halogens is 1. The van der Waals surface area contributed by atoms with E-state index in [9.17, 15) is 14.0 Å². The fraction of sp³-hybridized carbons (Fsp3) is 0.500. The van der Waals surface area contributed by atoms with Crippen LogP contribution in [0.2, 0.25) is 0 Å². The first-order valence-electron chi connectivity index (χ1n) is 7.30. The number of nitrogens with zero attached hydrogens (tertiary/aromatic N) is 1. The van der Waals surface area contributed by atoms with Gasteiger partial charge in [-0.1, -0.05) is 0 Å². The van der Waals surface area contributed by atoms with E-state index in [1.807, 2.05) is 0 Å².